The van der Waals surface area contributed by atoms with Gasteiger partial charge < -0.3 is 5.32 Å². The van der Waals surface area contributed by atoms with Crippen LogP contribution in [0.4, 0.5) is 20.6 Å². The Balaban J connectivity index is 1.97. The van der Waals surface area contributed by atoms with E-state index in [9.17, 15) is 9.18 Å². The zero-order chi connectivity index (χ0) is 16.6. The number of hydrogen-bond acceptors (Lipinski definition) is 1. The van der Waals surface area contributed by atoms with Gasteiger partial charge in [-0.3, -0.25) is 4.90 Å². The number of carbonyl (C=O) groups is 1. The van der Waals surface area contributed by atoms with Gasteiger partial charge in [0.2, 0.25) is 0 Å². The van der Waals surface area contributed by atoms with Gasteiger partial charge in [-0.1, -0.05) is 24.3 Å². The number of allylic oxidation sites excluding steroid dienone is 1. The molecule has 2 amide bonds. The molecule has 0 atom stereocenters. The maximum atomic E-state index is 13.0. The van der Waals surface area contributed by atoms with E-state index in [2.05, 4.69) is 18.3 Å². The van der Waals surface area contributed by atoms with Gasteiger partial charge in [0.05, 0.1) is 11.2 Å². The molecule has 0 radical (unpaired) electrons. The molecular formula is C19H19FN2O. The van der Waals surface area contributed by atoms with E-state index in [0.29, 0.717) is 5.69 Å². The molecule has 0 saturated carbocycles. The van der Waals surface area contributed by atoms with Crippen LogP contribution in [-0.2, 0) is 0 Å². The summed E-state index contributed by atoms with van der Waals surface area (Å²) < 4.78 is 13.0. The SMILES string of the molecule is CC1=CC(C)(C)N(C(=O)Nc2ccc(F)cc2)c2ccccc21. The van der Waals surface area contributed by atoms with Crippen molar-refractivity contribution in [1.82, 2.24) is 0 Å². The summed E-state index contributed by atoms with van der Waals surface area (Å²) >= 11 is 0. The first-order chi connectivity index (χ1) is 10.9. The lowest BCUT2D eigenvalue weighted by Gasteiger charge is -2.41. The number of nitrogens with zero attached hydrogens (tertiary/aromatic N) is 1. The topological polar surface area (TPSA) is 32.3 Å². The number of para-hydroxylation sites is 1. The predicted octanol–water partition coefficient (Wildman–Crippen LogP) is 5.06. The lowest BCUT2D eigenvalue weighted by Crippen LogP contribution is -2.50. The lowest BCUT2D eigenvalue weighted by molar-refractivity contribution is 0.253. The van der Waals surface area contributed by atoms with Gasteiger partial charge in [-0.2, -0.15) is 0 Å². The molecule has 1 aliphatic rings. The minimum Gasteiger partial charge on any atom is -0.308 e. The largest absolute Gasteiger partial charge is 0.327 e. The molecule has 0 unspecified atom stereocenters. The molecule has 118 valence electrons. The number of rotatable bonds is 1. The van der Waals surface area contributed by atoms with E-state index in [0.717, 1.165) is 16.8 Å². The minimum absolute atomic E-state index is 0.238. The van der Waals surface area contributed by atoms with Gasteiger partial charge in [-0.05, 0) is 56.7 Å². The summed E-state index contributed by atoms with van der Waals surface area (Å²) in [6.45, 7) is 6.04. The molecule has 2 aromatic carbocycles. The lowest BCUT2D eigenvalue weighted by atomic mass is 9.89. The molecule has 0 spiro atoms. The van der Waals surface area contributed by atoms with E-state index in [1.54, 1.807) is 17.0 Å². The van der Waals surface area contributed by atoms with Crippen molar-refractivity contribution in [3.05, 3.63) is 66.0 Å². The highest BCUT2D eigenvalue weighted by Crippen LogP contribution is 2.38. The van der Waals surface area contributed by atoms with Crippen LogP contribution < -0.4 is 10.2 Å². The van der Waals surface area contributed by atoms with Crippen molar-refractivity contribution < 1.29 is 9.18 Å². The van der Waals surface area contributed by atoms with Crippen molar-refractivity contribution in [3.8, 4) is 0 Å². The zero-order valence-electron chi connectivity index (χ0n) is 13.4. The van der Waals surface area contributed by atoms with Crippen molar-refractivity contribution >= 4 is 23.0 Å². The van der Waals surface area contributed by atoms with Crippen molar-refractivity contribution in [2.24, 2.45) is 0 Å². The monoisotopic (exact) mass is 310 g/mol. The Labute approximate surface area is 135 Å². The summed E-state index contributed by atoms with van der Waals surface area (Å²) in [6, 6.07) is 13.4. The van der Waals surface area contributed by atoms with E-state index < -0.39 is 5.54 Å². The molecule has 3 rings (SSSR count). The average Bonchev–Trinajstić information content (AvgIpc) is 2.49. The maximum Gasteiger partial charge on any atom is 0.327 e. The number of anilines is 2. The van der Waals surface area contributed by atoms with Crippen LogP contribution in [0.25, 0.3) is 5.57 Å². The fourth-order valence-corrected chi connectivity index (χ4v) is 3.07. The fourth-order valence-electron chi connectivity index (χ4n) is 3.07. The number of fused-ring (bicyclic) bond motifs is 1. The van der Waals surface area contributed by atoms with Crippen molar-refractivity contribution in [1.29, 1.82) is 0 Å². The van der Waals surface area contributed by atoms with Gasteiger partial charge in [-0.25, -0.2) is 9.18 Å². The Bertz CT molecular complexity index is 778. The molecule has 0 aromatic heterocycles. The van der Waals surface area contributed by atoms with E-state index in [4.69, 9.17) is 0 Å². The second kappa shape index (κ2) is 5.54. The number of carbonyl (C=O) groups excluding carboxylic acids is 1. The summed E-state index contributed by atoms with van der Waals surface area (Å²) in [5.74, 6) is -0.329. The zero-order valence-corrected chi connectivity index (χ0v) is 13.4. The normalized spacial score (nSPS) is 15.7. The first-order valence-corrected chi connectivity index (χ1v) is 7.54. The van der Waals surface area contributed by atoms with Gasteiger partial charge in [0.15, 0.2) is 0 Å². The van der Waals surface area contributed by atoms with E-state index >= 15 is 0 Å². The minimum atomic E-state index is -0.456. The summed E-state index contributed by atoms with van der Waals surface area (Å²) in [5.41, 5.74) is 3.17. The molecule has 1 aliphatic heterocycles. The highest BCUT2D eigenvalue weighted by Gasteiger charge is 2.35. The van der Waals surface area contributed by atoms with Crippen LogP contribution in [-0.4, -0.2) is 11.6 Å². The third-order valence-electron chi connectivity index (χ3n) is 4.01. The van der Waals surface area contributed by atoms with Gasteiger partial charge in [0.25, 0.3) is 0 Å². The molecule has 3 nitrogen and oxygen atoms in total. The van der Waals surface area contributed by atoms with Gasteiger partial charge in [-0.15, -0.1) is 0 Å². The molecule has 1 N–H and O–H groups in total. The molecule has 4 heteroatoms. The summed E-state index contributed by atoms with van der Waals surface area (Å²) in [6.07, 6.45) is 2.08. The molecule has 0 saturated heterocycles. The van der Waals surface area contributed by atoms with Gasteiger partial charge in [0.1, 0.15) is 5.82 Å². The van der Waals surface area contributed by atoms with Crippen LogP contribution in [0.3, 0.4) is 0 Å². The number of amides is 2. The Morgan fingerprint density at radius 2 is 1.74 bits per heavy atom. The van der Waals surface area contributed by atoms with E-state index in [-0.39, 0.29) is 11.8 Å². The second-order valence-electron chi connectivity index (χ2n) is 6.27. The standard InChI is InChI=1S/C19H19FN2O/c1-13-12-19(2,3)22(17-7-5-4-6-16(13)17)18(23)21-15-10-8-14(20)9-11-15/h4-12H,1-3H3,(H,21,23). The van der Waals surface area contributed by atoms with Crippen molar-refractivity contribution in [2.75, 3.05) is 10.2 Å². The van der Waals surface area contributed by atoms with Crippen LogP contribution in [0, 0.1) is 5.82 Å². The summed E-state index contributed by atoms with van der Waals surface area (Å²) in [5, 5.41) is 2.84. The van der Waals surface area contributed by atoms with Crippen LogP contribution in [0.5, 0.6) is 0 Å². The van der Waals surface area contributed by atoms with Gasteiger partial charge in [0, 0.05) is 11.3 Å². The smallest absolute Gasteiger partial charge is 0.308 e. The first-order valence-electron chi connectivity index (χ1n) is 7.54. The van der Waals surface area contributed by atoms with Crippen LogP contribution in [0.2, 0.25) is 0 Å². The molecule has 0 fully saturated rings. The van der Waals surface area contributed by atoms with Crippen LogP contribution >= 0.6 is 0 Å². The fraction of sp³-hybridized carbons (Fsp3) is 0.211. The highest BCUT2D eigenvalue weighted by atomic mass is 19.1. The van der Waals surface area contributed by atoms with E-state index in [1.807, 2.05) is 38.1 Å². The summed E-state index contributed by atoms with van der Waals surface area (Å²) in [7, 11) is 0. The molecule has 2 aromatic rings. The quantitative estimate of drug-likeness (QED) is 0.784. The van der Waals surface area contributed by atoms with Crippen LogP contribution in [0.15, 0.2) is 54.6 Å². The first kappa shape index (κ1) is 15.3. The molecule has 0 bridgehead atoms. The third kappa shape index (κ3) is 2.84. The second-order valence-corrected chi connectivity index (χ2v) is 6.27. The summed E-state index contributed by atoms with van der Waals surface area (Å²) in [4.78, 5) is 14.6. The highest BCUT2D eigenvalue weighted by molar-refractivity contribution is 6.06. The molecular weight excluding hydrogens is 291 g/mol. The van der Waals surface area contributed by atoms with E-state index in [1.165, 1.54) is 12.1 Å². The number of urea groups is 1. The number of hydrogen-bond donors (Lipinski definition) is 1. The van der Waals surface area contributed by atoms with Crippen molar-refractivity contribution in [3.63, 3.8) is 0 Å². The Hall–Kier alpha value is -2.62. The maximum absolute atomic E-state index is 13.0. The Morgan fingerprint density at radius 1 is 1.09 bits per heavy atom. The van der Waals surface area contributed by atoms with Crippen LogP contribution in [0.1, 0.15) is 26.3 Å². The molecule has 1 heterocycles. The predicted molar refractivity (Wildman–Crippen MR) is 92.1 cm³/mol. The molecule has 23 heavy (non-hydrogen) atoms. The van der Waals surface area contributed by atoms with Gasteiger partial charge >= 0.3 is 6.03 Å². The Morgan fingerprint density at radius 3 is 2.43 bits per heavy atom. The number of nitrogens with one attached hydrogen (secondary N) is 1. The number of benzene rings is 2. The molecule has 0 aliphatic carbocycles. The third-order valence-corrected chi connectivity index (χ3v) is 4.01. The average molecular weight is 310 g/mol. The number of halogens is 1. The van der Waals surface area contributed by atoms with Crippen molar-refractivity contribution in [2.45, 2.75) is 26.3 Å². The Kier molecular flexibility index (Phi) is 3.68.